The van der Waals surface area contributed by atoms with Crippen LogP contribution in [-0.4, -0.2) is 26.4 Å². The van der Waals surface area contributed by atoms with Gasteiger partial charge >= 0.3 is 0 Å². The zero-order valence-electron chi connectivity index (χ0n) is 10.3. The second-order valence-corrected chi connectivity index (χ2v) is 5.01. The van der Waals surface area contributed by atoms with Crippen molar-refractivity contribution < 1.29 is 9.47 Å². The molecule has 0 spiro atoms. The van der Waals surface area contributed by atoms with Gasteiger partial charge in [0, 0.05) is 18.0 Å². The fourth-order valence-electron chi connectivity index (χ4n) is 1.29. The van der Waals surface area contributed by atoms with Gasteiger partial charge in [-0.05, 0) is 38.9 Å². The molecule has 0 saturated carbocycles. The van der Waals surface area contributed by atoms with Crippen LogP contribution in [0.1, 0.15) is 25.1 Å². The van der Waals surface area contributed by atoms with Crippen molar-refractivity contribution in [3.63, 3.8) is 0 Å². The number of ether oxygens (including phenoxy) is 2. The Kier molecular flexibility index (Phi) is 6.45. The summed E-state index contributed by atoms with van der Waals surface area (Å²) in [7, 11) is 1.70. The molecule has 0 aliphatic heterocycles. The van der Waals surface area contributed by atoms with Crippen LogP contribution in [0.5, 0.6) is 5.06 Å². The van der Waals surface area contributed by atoms with Gasteiger partial charge < -0.3 is 14.8 Å². The molecule has 1 heterocycles. The first-order valence-electron chi connectivity index (χ1n) is 5.67. The number of nitrogens with one attached hydrogen (secondary N) is 1. The molecule has 1 aromatic rings. The van der Waals surface area contributed by atoms with Gasteiger partial charge in [0.05, 0.1) is 13.2 Å². The van der Waals surface area contributed by atoms with Gasteiger partial charge in [0.2, 0.25) is 0 Å². The first-order chi connectivity index (χ1) is 7.72. The van der Waals surface area contributed by atoms with Crippen molar-refractivity contribution >= 4 is 11.3 Å². The largest absolute Gasteiger partial charge is 0.487 e. The van der Waals surface area contributed by atoms with Crippen molar-refractivity contribution in [3.05, 3.63) is 17.0 Å². The van der Waals surface area contributed by atoms with Crippen molar-refractivity contribution in [3.8, 4) is 5.06 Å². The van der Waals surface area contributed by atoms with Crippen molar-refractivity contribution in [2.24, 2.45) is 0 Å². The molecule has 0 fully saturated rings. The van der Waals surface area contributed by atoms with E-state index in [1.807, 2.05) is 6.07 Å². The Balaban J connectivity index is 2.02. The lowest BCUT2D eigenvalue weighted by Crippen LogP contribution is -2.16. The molecule has 0 amide bonds. The molecule has 0 atom stereocenters. The molecule has 0 saturated heterocycles. The van der Waals surface area contributed by atoms with E-state index in [-0.39, 0.29) is 0 Å². The highest BCUT2D eigenvalue weighted by Gasteiger charge is 1.99. The van der Waals surface area contributed by atoms with E-state index in [1.165, 1.54) is 4.88 Å². The highest BCUT2D eigenvalue weighted by Crippen LogP contribution is 2.23. The van der Waals surface area contributed by atoms with E-state index in [0.29, 0.717) is 6.10 Å². The maximum absolute atomic E-state index is 5.46. The summed E-state index contributed by atoms with van der Waals surface area (Å²) < 4.78 is 10.6. The molecule has 0 aliphatic carbocycles. The molecule has 0 radical (unpaired) electrons. The number of hydrogen-bond acceptors (Lipinski definition) is 4. The maximum Gasteiger partial charge on any atom is 0.173 e. The molecule has 0 aromatic carbocycles. The molecule has 92 valence electrons. The van der Waals surface area contributed by atoms with Crippen LogP contribution in [0.15, 0.2) is 12.1 Å². The Bertz CT molecular complexity index is 286. The molecular formula is C12H21NO2S. The Morgan fingerprint density at radius 3 is 2.81 bits per heavy atom. The standard InChI is InChI=1S/C12H21NO2S/c1-10(2)15-8-4-7-13-9-11-5-6-12(14-3)16-11/h5-6,10,13H,4,7-9H2,1-3H3. The van der Waals surface area contributed by atoms with Crippen LogP contribution in [0.4, 0.5) is 0 Å². The summed E-state index contributed by atoms with van der Waals surface area (Å²) in [6, 6.07) is 4.10. The van der Waals surface area contributed by atoms with E-state index in [4.69, 9.17) is 9.47 Å². The average molecular weight is 243 g/mol. The lowest BCUT2D eigenvalue weighted by atomic mass is 10.4. The SMILES string of the molecule is COc1ccc(CNCCCOC(C)C)s1. The lowest BCUT2D eigenvalue weighted by Gasteiger charge is -2.07. The number of hydrogen-bond donors (Lipinski definition) is 1. The van der Waals surface area contributed by atoms with Crippen molar-refractivity contribution in [1.82, 2.24) is 5.32 Å². The highest BCUT2D eigenvalue weighted by molar-refractivity contribution is 7.13. The van der Waals surface area contributed by atoms with Gasteiger partial charge in [0.15, 0.2) is 5.06 Å². The Labute approximate surface area is 102 Å². The predicted molar refractivity (Wildman–Crippen MR) is 68.3 cm³/mol. The third-order valence-electron chi connectivity index (χ3n) is 2.09. The summed E-state index contributed by atoms with van der Waals surface area (Å²) in [5, 5.41) is 4.36. The molecule has 1 aromatic heterocycles. The first kappa shape index (κ1) is 13.5. The van der Waals surface area contributed by atoms with Crippen LogP contribution in [-0.2, 0) is 11.3 Å². The smallest absolute Gasteiger partial charge is 0.173 e. The van der Waals surface area contributed by atoms with Crippen LogP contribution in [0.2, 0.25) is 0 Å². The van der Waals surface area contributed by atoms with E-state index in [2.05, 4.69) is 25.2 Å². The topological polar surface area (TPSA) is 30.5 Å². The number of rotatable bonds is 8. The summed E-state index contributed by atoms with van der Waals surface area (Å²) in [6.07, 6.45) is 1.39. The molecule has 0 aliphatic rings. The molecular weight excluding hydrogens is 222 g/mol. The van der Waals surface area contributed by atoms with Crippen LogP contribution < -0.4 is 10.1 Å². The van der Waals surface area contributed by atoms with Crippen molar-refractivity contribution in [1.29, 1.82) is 0 Å². The van der Waals surface area contributed by atoms with E-state index in [0.717, 1.165) is 31.2 Å². The molecule has 16 heavy (non-hydrogen) atoms. The zero-order chi connectivity index (χ0) is 11.8. The van der Waals surface area contributed by atoms with Gasteiger partial charge in [0.1, 0.15) is 0 Å². The molecule has 0 unspecified atom stereocenters. The summed E-state index contributed by atoms with van der Waals surface area (Å²) >= 11 is 1.69. The predicted octanol–water partition coefficient (Wildman–Crippen LogP) is 2.66. The summed E-state index contributed by atoms with van der Waals surface area (Å²) in [6.45, 7) is 6.86. The molecule has 0 bridgehead atoms. The minimum atomic E-state index is 0.335. The van der Waals surface area contributed by atoms with Gasteiger partial charge in [-0.3, -0.25) is 0 Å². The van der Waals surface area contributed by atoms with Gasteiger partial charge in [-0.2, -0.15) is 0 Å². The quantitative estimate of drug-likeness (QED) is 0.712. The van der Waals surface area contributed by atoms with E-state index < -0.39 is 0 Å². The number of methoxy groups -OCH3 is 1. The minimum Gasteiger partial charge on any atom is -0.487 e. The van der Waals surface area contributed by atoms with Crippen molar-refractivity contribution in [2.75, 3.05) is 20.3 Å². The van der Waals surface area contributed by atoms with Gasteiger partial charge in [-0.15, -0.1) is 11.3 Å². The zero-order valence-corrected chi connectivity index (χ0v) is 11.1. The second-order valence-electron chi connectivity index (χ2n) is 3.87. The van der Waals surface area contributed by atoms with Crippen LogP contribution in [0.3, 0.4) is 0 Å². The van der Waals surface area contributed by atoms with Gasteiger partial charge in [-0.25, -0.2) is 0 Å². The third-order valence-corrected chi connectivity index (χ3v) is 3.13. The monoisotopic (exact) mass is 243 g/mol. The fourth-order valence-corrected chi connectivity index (χ4v) is 2.08. The Morgan fingerprint density at radius 2 is 2.19 bits per heavy atom. The molecule has 1 N–H and O–H groups in total. The Hall–Kier alpha value is -0.580. The third kappa shape index (κ3) is 5.49. The van der Waals surface area contributed by atoms with Crippen LogP contribution in [0, 0.1) is 0 Å². The van der Waals surface area contributed by atoms with E-state index in [1.54, 1.807) is 18.4 Å². The fraction of sp³-hybridized carbons (Fsp3) is 0.667. The maximum atomic E-state index is 5.46. The normalized spacial score (nSPS) is 11.0. The second kappa shape index (κ2) is 7.65. The van der Waals surface area contributed by atoms with Gasteiger partial charge in [0.25, 0.3) is 0 Å². The molecule has 1 rings (SSSR count). The summed E-state index contributed by atoms with van der Waals surface area (Å²) in [5.41, 5.74) is 0. The minimum absolute atomic E-state index is 0.335. The summed E-state index contributed by atoms with van der Waals surface area (Å²) in [4.78, 5) is 1.31. The number of thiophene rings is 1. The van der Waals surface area contributed by atoms with Crippen LogP contribution in [0.25, 0.3) is 0 Å². The van der Waals surface area contributed by atoms with Crippen LogP contribution >= 0.6 is 11.3 Å². The van der Waals surface area contributed by atoms with Gasteiger partial charge in [-0.1, -0.05) is 0 Å². The molecule has 3 nitrogen and oxygen atoms in total. The van der Waals surface area contributed by atoms with E-state index in [9.17, 15) is 0 Å². The average Bonchev–Trinajstić information content (AvgIpc) is 2.70. The summed E-state index contributed by atoms with van der Waals surface area (Å²) in [5.74, 6) is 0. The lowest BCUT2D eigenvalue weighted by molar-refractivity contribution is 0.0770. The first-order valence-corrected chi connectivity index (χ1v) is 6.49. The van der Waals surface area contributed by atoms with Crippen molar-refractivity contribution in [2.45, 2.75) is 32.9 Å². The highest BCUT2D eigenvalue weighted by atomic mass is 32.1. The Morgan fingerprint density at radius 1 is 1.38 bits per heavy atom. The van der Waals surface area contributed by atoms with E-state index >= 15 is 0 Å². The molecule has 4 heteroatoms.